The van der Waals surface area contributed by atoms with Crippen molar-refractivity contribution in [2.75, 3.05) is 6.61 Å². The first-order valence-corrected chi connectivity index (χ1v) is 6.11. The topological polar surface area (TPSA) is 81.7 Å². The monoisotopic (exact) mass is 298 g/mol. The van der Waals surface area contributed by atoms with Gasteiger partial charge in [0, 0.05) is 20.8 Å². The zero-order valence-corrected chi connectivity index (χ0v) is 11.9. The van der Waals surface area contributed by atoms with Crippen LogP contribution in [-0.2, 0) is 23.9 Å². The number of nitrogens with one attached hydrogen (secondary N) is 1. The highest BCUT2D eigenvalue weighted by atomic mass is 16.6. The van der Waals surface area contributed by atoms with Gasteiger partial charge in [-0.2, -0.15) is 0 Å². The van der Waals surface area contributed by atoms with Gasteiger partial charge >= 0.3 is 11.9 Å². The maximum absolute atomic E-state index is 11.5. The molecule has 1 rings (SSSR count). The average Bonchev–Trinajstić information content (AvgIpc) is 2.53. The van der Waals surface area contributed by atoms with Crippen LogP contribution in [0.3, 0.4) is 0 Å². The summed E-state index contributed by atoms with van der Waals surface area (Å²) in [5, 5.41) is 2.42. The van der Waals surface area contributed by atoms with Crippen LogP contribution in [-0.4, -0.2) is 30.5 Å². The maximum atomic E-state index is 11.5. The molecule has 0 bridgehead atoms. The van der Waals surface area contributed by atoms with Crippen molar-refractivity contribution in [3.05, 3.63) is 35.8 Å². The molecule has 0 aliphatic rings. The first kappa shape index (κ1) is 10.4. The van der Waals surface area contributed by atoms with E-state index >= 15 is 0 Å². The Morgan fingerprint density at radius 2 is 1.76 bits per heavy atom. The fourth-order valence-corrected chi connectivity index (χ4v) is 1.60. The molecule has 0 unspecified atom stereocenters. The lowest BCUT2D eigenvalue weighted by Gasteiger charge is -2.27. The quantitative estimate of drug-likeness (QED) is 0.802. The van der Waals surface area contributed by atoms with Gasteiger partial charge in [0.2, 0.25) is 5.91 Å². The van der Waals surface area contributed by atoms with Crippen LogP contribution in [0.25, 0.3) is 0 Å². The molecule has 1 N–H and O–H groups in total. The Morgan fingerprint density at radius 1 is 1.14 bits per heavy atom. The molecule has 6 heteroatoms. The predicted molar refractivity (Wildman–Crippen MR) is 75.2 cm³/mol. The van der Waals surface area contributed by atoms with Crippen molar-refractivity contribution in [2.45, 2.75) is 32.9 Å². The van der Waals surface area contributed by atoms with E-state index < -0.39 is 66.8 Å². The van der Waals surface area contributed by atoms with Crippen LogP contribution in [0.1, 0.15) is 39.3 Å². The molecular formula is C15H19NO5. The summed E-state index contributed by atoms with van der Waals surface area (Å²) in [6, 6.07) is -4.16. The van der Waals surface area contributed by atoms with Crippen LogP contribution in [0.2, 0.25) is 0 Å². The van der Waals surface area contributed by atoms with Gasteiger partial charge in [-0.25, -0.2) is 0 Å². The second-order valence-electron chi connectivity index (χ2n) is 4.18. The van der Waals surface area contributed by atoms with Gasteiger partial charge in [-0.3, -0.25) is 14.4 Å². The lowest BCUT2D eigenvalue weighted by molar-refractivity contribution is -0.152. The largest absolute Gasteiger partial charge is 0.464 e. The molecule has 0 heterocycles. The van der Waals surface area contributed by atoms with Gasteiger partial charge in [-0.05, 0) is 5.56 Å². The van der Waals surface area contributed by atoms with Crippen LogP contribution in [0.4, 0.5) is 0 Å². The highest BCUT2D eigenvalue weighted by Crippen LogP contribution is 2.22. The molecule has 6 nitrogen and oxygen atoms in total. The zero-order valence-electron chi connectivity index (χ0n) is 16.9. The molecule has 0 saturated carbocycles. The fourth-order valence-electron chi connectivity index (χ4n) is 1.60. The molecule has 0 aliphatic heterocycles. The number of carbonyl (C=O) groups excluding carboxylic acids is 3. The number of ether oxygens (including phenoxy) is 2. The van der Waals surface area contributed by atoms with E-state index in [0.29, 0.717) is 0 Å². The Hall–Kier alpha value is -2.37. The van der Waals surface area contributed by atoms with Gasteiger partial charge < -0.3 is 14.8 Å². The minimum absolute atomic E-state index is 0.322. The normalized spacial score (nSPS) is 16.2. The van der Waals surface area contributed by atoms with Crippen LogP contribution in [0, 0.1) is 0 Å². The van der Waals surface area contributed by atoms with Crippen LogP contribution >= 0.6 is 0 Å². The summed E-state index contributed by atoms with van der Waals surface area (Å²) >= 11 is 0. The molecule has 0 radical (unpaired) electrons. The minimum atomic E-state index is -1.45. The number of hydrogen-bond acceptors (Lipinski definition) is 5. The summed E-state index contributed by atoms with van der Waals surface area (Å²) in [5.41, 5.74) is -0.322. The van der Waals surface area contributed by atoms with Crippen molar-refractivity contribution in [1.29, 1.82) is 0 Å². The Kier molecular flexibility index (Phi) is 3.97. The highest BCUT2D eigenvalue weighted by molar-refractivity contribution is 5.73. The van der Waals surface area contributed by atoms with Gasteiger partial charge in [-0.15, -0.1) is 0 Å². The Balaban J connectivity index is 3.54. The molecular weight excluding hydrogens is 274 g/mol. The van der Waals surface area contributed by atoms with E-state index in [2.05, 4.69) is 5.32 Å². The smallest absolute Gasteiger partial charge is 0.303 e. The lowest BCUT2D eigenvalue weighted by Crippen LogP contribution is -2.43. The third-order valence-electron chi connectivity index (χ3n) is 2.32. The first-order chi connectivity index (χ1) is 12.0. The van der Waals surface area contributed by atoms with Gasteiger partial charge in [-0.1, -0.05) is 30.2 Å². The number of hydrogen-bond donors (Lipinski definition) is 1. The molecule has 114 valence electrons. The molecule has 0 aromatic heterocycles. The fraction of sp³-hybridized carbons (Fsp3) is 0.400. The van der Waals surface area contributed by atoms with Crippen molar-refractivity contribution >= 4 is 17.8 Å². The molecule has 1 amide bonds. The molecule has 1 aromatic rings. The predicted octanol–water partition coefficient (Wildman–Crippen LogP) is 1.36. The summed E-state index contributed by atoms with van der Waals surface area (Å²) in [7, 11) is 0. The number of benzene rings is 1. The second-order valence-corrected chi connectivity index (χ2v) is 4.18. The van der Waals surface area contributed by atoms with Crippen molar-refractivity contribution in [2.24, 2.45) is 0 Å². The van der Waals surface area contributed by atoms with Gasteiger partial charge in [0.25, 0.3) is 0 Å². The second kappa shape index (κ2) is 8.04. The van der Waals surface area contributed by atoms with Crippen LogP contribution < -0.4 is 5.32 Å². The molecule has 1 aromatic carbocycles. The summed E-state index contributed by atoms with van der Waals surface area (Å²) in [6.07, 6.45) is -1.45. The molecule has 0 saturated heterocycles. The number of rotatable bonds is 6. The van der Waals surface area contributed by atoms with Crippen LogP contribution in [0.15, 0.2) is 30.2 Å². The van der Waals surface area contributed by atoms with Crippen molar-refractivity contribution in [3.63, 3.8) is 0 Å². The SMILES string of the molecule is [2H]c1c([2H])c([2H])c([C@@H](OC(C)=O)[C@@H](COC(C)=O)NC(C)=O)c([2H])c1[2H]. The highest BCUT2D eigenvalue weighted by Gasteiger charge is 2.28. The molecule has 0 fully saturated rings. The minimum Gasteiger partial charge on any atom is -0.464 e. The van der Waals surface area contributed by atoms with E-state index in [-0.39, 0.29) is 5.56 Å². The summed E-state index contributed by atoms with van der Waals surface area (Å²) < 4.78 is 49.1. The van der Waals surface area contributed by atoms with Gasteiger partial charge in [0.15, 0.2) is 6.10 Å². The van der Waals surface area contributed by atoms with E-state index in [1.807, 2.05) is 0 Å². The van der Waals surface area contributed by atoms with Gasteiger partial charge in [0.05, 0.1) is 6.85 Å². The van der Waals surface area contributed by atoms with E-state index in [4.69, 9.17) is 16.3 Å². The van der Waals surface area contributed by atoms with Crippen molar-refractivity contribution in [1.82, 2.24) is 5.32 Å². The zero-order chi connectivity index (χ0) is 20.2. The van der Waals surface area contributed by atoms with Crippen molar-refractivity contribution < 1.29 is 30.7 Å². The molecule has 0 spiro atoms. The third-order valence-corrected chi connectivity index (χ3v) is 2.32. The Bertz CT molecular complexity index is 711. The molecule has 21 heavy (non-hydrogen) atoms. The van der Waals surface area contributed by atoms with Crippen LogP contribution in [0.5, 0.6) is 0 Å². The van der Waals surface area contributed by atoms with E-state index in [1.165, 1.54) is 6.92 Å². The number of carbonyl (C=O) groups is 3. The summed E-state index contributed by atoms with van der Waals surface area (Å²) in [6.45, 7) is 2.96. The molecule has 2 atom stereocenters. The standard InChI is InChI=1S/C15H19NO5/c1-10(17)16-14(9-20-11(2)18)15(21-12(3)19)13-7-5-4-6-8-13/h4-8,14-15H,9H2,1-3H3,(H,16,17)/t14-,15-/m1/s1/i4D,5D,6D,7D,8D. The summed E-state index contributed by atoms with van der Waals surface area (Å²) in [4.78, 5) is 34.1. The Morgan fingerprint density at radius 3 is 2.24 bits per heavy atom. The number of esters is 2. The van der Waals surface area contributed by atoms with E-state index in [0.717, 1.165) is 13.8 Å². The maximum Gasteiger partial charge on any atom is 0.303 e. The lowest BCUT2D eigenvalue weighted by atomic mass is 10.0. The Labute approximate surface area is 130 Å². The third kappa shape index (κ3) is 6.07. The van der Waals surface area contributed by atoms with Crippen molar-refractivity contribution in [3.8, 4) is 0 Å². The van der Waals surface area contributed by atoms with E-state index in [1.54, 1.807) is 0 Å². The first-order valence-electron chi connectivity index (χ1n) is 8.61. The van der Waals surface area contributed by atoms with E-state index in [9.17, 15) is 14.4 Å². The number of amides is 1. The van der Waals surface area contributed by atoms with Gasteiger partial charge in [0.1, 0.15) is 12.6 Å². The average molecular weight is 298 g/mol. The molecule has 0 aliphatic carbocycles. The summed E-state index contributed by atoms with van der Waals surface area (Å²) in [5.74, 6) is -2.02.